The van der Waals surface area contributed by atoms with Crippen LogP contribution in [0.2, 0.25) is 0 Å². The summed E-state index contributed by atoms with van der Waals surface area (Å²) in [4.78, 5) is 24.4. The van der Waals surface area contributed by atoms with Gasteiger partial charge in [-0.25, -0.2) is 13.2 Å². The maximum absolute atomic E-state index is 12.5. The van der Waals surface area contributed by atoms with Crippen molar-refractivity contribution >= 4 is 33.3 Å². The minimum absolute atomic E-state index is 0.181. The number of ether oxygens (including phenoxy) is 1. The van der Waals surface area contributed by atoms with Crippen molar-refractivity contribution in [3.05, 3.63) is 89.5 Å². The molecule has 0 bridgehead atoms. The molecule has 164 valence electrons. The van der Waals surface area contributed by atoms with Crippen molar-refractivity contribution < 1.29 is 22.7 Å². The molecule has 1 aliphatic rings. The summed E-state index contributed by atoms with van der Waals surface area (Å²) in [7, 11) is -3.66. The molecule has 0 radical (unpaired) electrons. The molecule has 3 aromatic carbocycles. The van der Waals surface area contributed by atoms with Gasteiger partial charge in [0.2, 0.25) is 10.0 Å². The highest BCUT2D eigenvalue weighted by atomic mass is 32.2. The van der Waals surface area contributed by atoms with Crippen LogP contribution in [-0.2, 0) is 19.6 Å². The minimum atomic E-state index is -3.66. The van der Waals surface area contributed by atoms with Crippen molar-refractivity contribution in [2.75, 3.05) is 17.2 Å². The zero-order valence-corrected chi connectivity index (χ0v) is 18.0. The number of carbonyl (C=O) groups is 2. The highest BCUT2D eigenvalue weighted by molar-refractivity contribution is 7.89. The molecule has 0 aromatic heterocycles. The molecule has 1 heterocycles. The molecule has 9 heteroatoms. The van der Waals surface area contributed by atoms with Crippen LogP contribution in [0.15, 0.2) is 77.7 Å². The third-order valence-electron chi connectivity index (χ3n) is 4.90. The Kier molecular flexibility index (Phi) is 5.93. The van der Waals surface area contributed by atoms with E-state index < -0.39 is 34.7 Å². The van der Waals surface area contributed by atoms with Gasteiger partial charge in [0, 0.05) is 5.69 Å². The fraction of sp³-hybridized carbons (Fsp3) is 0.130. The molecule has 3 aromatic rings. The van der Waals surface area contributed by atoms with Gasteiger partial charge in [-0.05, 0) is 48.9 Å². The van der Waals surface area contributed by atoms with Crippen molar-refractivity contribution in [2.45, 2.75) is 18.0 Å². The third kappa shape index (κ3) is 4.79. The molecule has 32 heavy (non-hydrogen) atoms. The van der Waals surface area contributed by atoms with Gasteiger partial charge in [0.1, 0.15) is 11.1 Å². The van der Waals surface area contributed by atoms with Crippen LogP contribution in [0, 0.1) is 6.92 Å². The number of benzene rings is 3. The lowest BCUT2D eigenvalue weighted by Gasteiger charge is -2.28. The van der Waals surface area contributed by atoms with Gasteiger partial charge in [0.15, 0.2) is 6.61 Å². The van der Waals surface area contributed by atoms with Crippen LogP contribution >= 0.6 is 0 Å². The summed E-state index contributed by atoms with van der Waals surface area (Å²) in [6.45, 7) is 1.52. The monoisotopic (exact) mass is 451 g/mol. The van der Waals surface area contributed by atoms with E-state index in [2.05, 4.69) is 15.4 Å². The summed E-state index contributed by atoms with van der Waals surface area (Å²) in [6, 6.07) is 20.2. The predicted molar refractivity (Wildman–Crippen MR) is 120 cm³/mol. The molecule has 4 rings (SSSR count). The van der Waals surface area contributed by atoms with Crippen LogP contribution in [0.1, 0.15) is 27.7 Å². The van der Waals surface area contributed by atoms with E-state index in [0.717, 1.165) is 5.56 Å². The SMILES string of the molecule is Cc1ccc(NC(=O)COC(=O)c2ccc([C@@H]3Nc4ccccc4S(=O)(=O)N3)cc2)cc1. The summed E-state index contributed by atoms with van der Waals surface area (Å²) in [5, 5.41) is 5.78. The molecule has 0 saturated carbocycles. The van der Waals surface area contributed by atoms with Crippen LogP contribution in [0.4, 0.5) is 11.4 Å². The largest absolute Gasteiger partial charge is 0.452 e. The average Bonchev–Trinajstić information content (AvgIpc) is 2.79. The Labute approximate surface area is 185 Å². The number of hydrogen-bond acceptors (Lipinski definition) is 6. The molecular formula is C23H21N3O5S. The highest BCUT2D eigenvalue weighted by Gasteiger charge is 2.29. The zero-order chi connectivity index (χ0) is 22.7. The number of hydrogen-bond donors (Lipinski definition) is 3. The van der Waals surface area contributed by atoms with Crippen LogP contribution in [-0.4, -0.2) is 26.9 Å². The topological polar surface area (TPSA) is 114 Å². The maximum atomic E-state index is 12.5. The second-order valence-corrected chi connectivity index (χ2v) is 8.99. The van der Waals surface area contributed by atoms with Crippen LogP contribution < -0.4 is 15.4 Å². The first-order valence-electron chi connectivity index (χ1n) is 9.83. The first kappa shape index (κ1) is 21.5. The van der Waals surface area contributed by atoms with E-state index in [4.69, 9.17) is 4.74 Å². The van der Waals surface area contributed by atoms with Gasteiger partial charge in [-0.2, -0.15) is 4.72 Å². The van der Waals surface area contributed by atoms with E-state index in [-0.39, 0.29) is 10.5 Å². The van der Waals surface area contributed by atoms with Gasteiger partial charge in [-0.3, -0.25) is 4.79 Å². The lowest BCUT2D eigenvalue weighted by atomic mass is 10.1. The van der Waals surface area contributed by atoms with E-state index in [0.29, 0.717) is 16.9 Å². The number of sulfonamides is 1. The van der Waals surface area contributed by atoms with E-state index in [9.17, 15) is 18.0 Å². The van der Waals surface area contributed by atoms with Crippen molar-refractivity contribution in [3.63, 3.8) is 0 Å². The second-order valence-electron chi connectivity index (χ2n) is 7.31. The molecular weight excluding hydrogens is 430 g/mol. The summed E-state index contributed by atoms with van der Waals surface area (Å²) in [6.07, 6.45) is -0.680. The molecule has 0 fully saturated rings. The van der Waals surface area contributed by atoms with E-state index in [1.807, 2.05) is 19.1 Å². The number of amides is 1. The number of carbonyl (C=O) groups excluding carboxylic acids is 2. The molecule has 0 aliphatic carbocycles. The number of aryl methyl sites for hydroxylation is 1. The normalized spacial score (nSPS) is 16.3. The lowest BCUT2D eigenvalue weighted by Crippen LogP contribution is -2.38. The quantitative estimate of drug-likeness (QED) is 0.514. The molecule has 0 spiro atoms. The molecule has 3 N–H and O–H groups in total. The van der Waals surface area contributed by atoms with E-state index in [1.165, 1.54) is 18.2 Å². The Morgan fingerprint density at radius 3 is 2.38 bits per heavy atom. The third-order valence-corrected chi connectivity index (χ3v) is 6.38. The Morgan fingerprint density at radius 2 is 1.66 bits per heavy atom. The number of para-hydroxylation sites is 1. The number of nitrogens with one attached hydrogen (secondary N) is 3. The fourth-order valence-corrected chi connectivity index (χ4v) is 4.54. The van der Waals surface area contributed by atoms with Crippen LogP contribution in [0.25, 0.3) is 0 Å². The number of rotatable bonds is 5. The summed E-state index contributed by atoms with van der Waals surface area (Å²) >= 11 is 0. The van der Waals surface area contributed by atoms with Gasteiger partial charge in [0.25, 0.3) is 5.91 Å². The van der Waals surface area contributed by atoms with Crippen molar-refractivity contribution in [1.82, 2.24) is 4.72 Å². The van der Waals surface area contributed by atoms with Crippen LogP contribution in [0.3, 0.4) is 0 Å². The number of anilines is 2. The van der Waals surface area contributed by atoms with Gasteiger partial charge < -0.3 is 15.4 Å². The first-order valence-corrected chi connectivity index (χ1v) is 11.3. The smallest absolute Gasteiger partial charge is 0.338 e. The van der Waals surface area contributed by atoms with E-state index >= 15 is 0 Å². The molecule has 1 amide bonds. The van der Waals surface area contributed by atoms with Gasteiger partial charge >= 0.3 is 5.97 Å². The van der Waals surface area contributed by atoms with Crippen molar-refractivity contribution in [2.24, 2.45) is 0 Å². The van der Waals surface area contributed by atoms with Gasteiger partial charge in [-0.1, -0.05) is 42.0 Å². The second kappa shape index (κ2) is 8.81. The van der Waals surface area contributed by atoms with Crippen molar-refractivity contribution in [3.8, 4) is 0 Å². The molecule has 1 atom stereocenters. The Morgan fingerprint density at radius 1 is 0.969 bits per heavy atom. The Balaban J connectivity index is 1.37. The number of esters is 1. The molecule has 0 unspecified atom stereocenters. The summed E-state index contributed by atoms with van der Waals surface area (Å²) in [5.41, 5.74) is 3.05. The fourth-order valence-electron chi connectivity index (χ4n) is 3.24. The summed E-state index contributed by atoms with van der Waals surface area (Å²) < 4.78 is 32.6. The Hall–Kier alpha value is -3.69. The van der Waals surface area contributed by atoms with Crippen molar-refractivity contribution in [1.29, 1.82) is 0 Å². The maximum Gasteiger partial charge on any atom is 0.338 e. The average molecular weight is 452 g/mol. The first-order chi connectivity index (χ1) is 15.3. The Bertz CT molecular complexity index is 1260. The lowest BCUT2D eigenvalue weighted by molar-refractivity contribution is -0.119. The molecule has 0 saturated heterocycles. The number of fused-ring (bicyclic) bond motifs is 1. The van der Waals surface area contributed by atoms with E-state index in [1.54, 1.807) is 42.5 Å². The van der Waals surface area contributed by atoms with Gasteiger partial charge in [-0.15, -0.1) is 0 Å². The standard InChI is InChI=1S/C23H21N3O5S/c1-15-6-12-18(13-7-15)24-21(27)14-31-23(28)17-10-8-16(9-11-17)22-25-19-4-2-3-5-20(19)32(29,30)26-22/h2-13,22,25-26H,14H2,1H3,(H,24,27)/t22-/m1/s1. The molecule has 8 nitrogen and oxygen atoms in total. The molecule has 1 aliphatic heterocycles. The highest BCUT2D eigenvalue weighted by Crippen LogP contribution is 2.30. The van der Waals surface area contributed by atoms with Gasteiger partial charge in [0.05, 0.1) is 11.3 Å². The summed E-state index contributed by atoms with van der Waals surface area (Å²) in [5.74, 6) is -1.10. The predicted octanol–water partition coefficient (Wildman–Crippen LogP) is 3.19. The minimum Gasteiger partial charge on any atom is -0.452 e. The van der Waals surface area contributed by atoms with Crippen LogP contribution in [0.5, 0.6) is 0 Å². The zero-order valence-electron chi connectivity index (χ0n) is 17.2.